The quantitative estimate of drug-likeness (QED) is 0.519. The molecule has 0 N–H and O–H groups in total. The summed E-state index contributed by atoms with van der Waals surface area (Å²) in [7, 11) is 0. The van der Waals surface area contributed by atoms with Crippen LogP contribution in [-0.4, -0.2) is 13.2 Å². The van der Waals surface area contributed by atoms with Gasteiger partial charge in [-0.3, -0.25) is 0 Å². The van der Waals surface area contributed by atoms with Gasteiger partial charge in [-0.2, -0.15) is 0 Å². The molecule has 72 valence electrons. The monoisotopic (exact) mass is 186 g/mol. The Balaban J connectivity index is 2.23. The third-order valence-electron chi connectivity index (χ3n) is 1.67. The number of ether oxygens (including phenoxy) is 1. The number of benzene rings is 1. The van der Waals surface area contributed by atoms with Gasteiger partial charge in [0.15, 0.2) is 0 Å². The molecule has 0 aromatic heterocycles. The first-order valence-corrected chi connectivity index (χ1v) is 4.62. The van der Waals surface area contributed by atoms with Gasteiger partial charge in [0, 0.05) is 0 Å². The molecule has 1 heteroatoms. The van der Waals surface area contributed by atoms with Gasteiger partial charge in [0.2, 0.25) is 0 Å². The molecule has 0 bridgehead atoms. The molecule has 0 aliphatic carbocycles. The van der Waals surface area contributed by atoms with Crippen molar-refractivity contribution in [3.8, 4) is 11.8 Å². The molecule has 0 aliphatic heterocycles. The first kappa shape index (κ1) is 10.6. The Hall–Kier alpha value is -1.52. The van der Waals surface area contributed by atoms with Crippen molar-refractivity contribution < 1.29 is 4.74 Å². The van der Waals surface area contributed by atoms with E-state index >= 15 is 0 Å². The normalized spacial score (nSPS) is 9.79. The van der Waals surface area contributed by atoms with E-state index in [-0.39, 0.29) is 0 Å². The fourth-order valence-electron chi connectivity index (χ4n) is 0.999. The third-order valence-corrected chi connectivity index (χ3v) is 1.67. The minimum atomic E-state index is 0.510. The van der Waals surface area contributed by atoms with Crippen molar-refractivity contribution in [1.82, 2.24) is 0 Å². The van der Waals surface area contributed by atoms with E-state index in [4.69, 9.17) is 4.74 Å². The summed E-state index contributed by atoms with van der Waals surface area (Å²) in [5.41, 5.74) is 1.19. The third kappa shape index (κ3) is 4.49. The highest BCUT2D eigenvalue weighted by atomic mass is 16.5. The lowest BCUT2D eigenvalue weighted by Crippen LogP contribution is -1.90. The minimum absolute atomic E-state index is 0.510. The lowest BCUT2D eigenvalue weighted by atomic mass is 10.2. The van der Waals surface area contributed by atoms with E-state index in [1.165, 1.54) is 5.56 Å². The SMILES string of the molecule is CC#CCOC/C=C/c1ccccc1. The molecule has 0 saturated carbocycles. The van der Waals surface area contributed by atoms with E-state index in [2.05, 4.69) is 24.0 Å². The number of hydrogen-bond acceptors (Lipinski definition) is 1. The molecule has 1 aromatic rings. The maximum Gasteiger partial charge on any atom is 0.108 e. The van der Waals surface area contributed by atoms with Crippen LogP contribution in [-0.2, 0) is 4.74 Å². The minimum Gasteiger partial charge on any atom is -0.365 e. The molecule has 1 aromatic carbocycles. The van der Waals surface area contributed by atoms with Crippen LogP contribution in [0.1, 0.15) is 12.5 Å². The van der Waals surface area contributed by atoms with Crippen molar-refractivity contribution in [2.24, 2.45) is 0 Å². The second-order valence-electron chi connectivity index (χ2n) is 2.75. The van der Waals surface area contributed by atoms with Gasteiger partial charge < -0.3 is 4.74 Å². The van der Waals surface area contributed by atoms with Gasteiger partial charge in [-0.1, -0.05) is 48.4 Å². The van der Waals surface area contributed by atoms with E-state index in [0.717, 1.165) is 0 Å². The van der Waals surface area contributed by atoms with Crippen molar-refractivity contribution in [3.05, 3.63) is 42.0 Å². The Morgan fingerprint density at radius 3 is 2.79 bits per heavy atom. The molecule has 0 radical (unpaired) electrons. The van der Waals surface area contributed by atoms with Gasteiger partial charge in [-0.25, -0.2) is 0 Å². The highest BCUT2D eigenvalue weighted by Crippen LogP contribution is 2.00. The fourth-order valence-corrected chi connectivity index (χ4v) is 0.999. The number of hydrogen-bond donors (Lipinski definition) is 0. The highest BCUT2D eigenvalue weighted by Gasteiger charge is 1.82. The van der Waals surface area contributed by atoms with Crippen LogP contribution in [0.15, 0.2) is 36.4 Å². The van der Waals surface area contributed by atoms with Gasteiger partial charge in [0.1, 0.15) is 6.61 Å². The van der Waals surface area contributed by atoms with Gasteiger partial charge in [0.25, 0.3) is 0 Å². The zero-order chi connectivity index (χ0) is 10.1. The zero-order valence-electron chi connectivity index (χ0n) is 8.36. The second-order valence-corrected chi connectivity index (χ2v) is 2.75. The molecule has 0 atom stereocenters. The lowest BCUT2D eigenvalue weighted by Gasteiger charge is -1.93. The summed E-state index contributed by atoms with van der Waals surface area (Å²) in [5.74, 6) is 5.62. The van der Waals surface area contributed by atoms with E-state index < -0.39 is 0 Å². The predicted molar refractivity (Wildman–Crippen MR) is 59.7 cm³/mol. The summed E-state index contributed by atoms with van der Waals surface area (Å²) in [5, 5.41) is 0. The van der Waals surface area contributed by atoms with Gasteiger partial charge in [-0.15, -0.1) is 5.92 Å². The van der Waals surface area contributed by atoms with Crippen LogP contribution in [0.25, 0.3) is 6.08 Å². The Bertz CT molecular complexity index is 327. The fraction of sp³-hybridized carbons (Fsp3) is 0.231. The summed E-state index contributed by atoms with van der Waals surface area (Å²) in [6.45, 7) is 2.93. The van der Waals surface area contributed by atoms with Gasteiger partial charge in [-0.05, 0) is 12.5 Å². The van der Waals surface area contributed by atoms with Crippen LogP contribution < -0.4 is 0 Å². The van der Waals surface area contributed by atoms with Crippen LogP contribution in [0.2, 0.25) is 0 Å². The Morgan fingerprint density at radius 1 is 1.29 bits per heavy atom. The molecule has 0 fully saturated rings. The highest BCUT2D eigenvalue weighted by molar-refractivity contribution is 5.48. The smallest absolute Gasteiger partial charge is 0.108 e. The van der Waals surface area contributed by atoms with Gasteiger partial charge in [0.05, 0.1) is 6.61 Å². The van der Waals surface area contributed by atoms with E-state index in [0.29, 0.717) is 13.2 Å². The van der Waals surface area contributed by atoms with Crippen LogP contribution >= 0.6 is 0 Å². The molecular weight excluding hydrogens is 172 g/mol. The summed E-state index contributed by atoms with van der Waals surface area (Å²) in [4.78, 5) is 0. The molecule has 1 nitrogen and oxygen atoms in total. The Kier molecular flexibility index (Phi) is 5.23. The van der Waals surface area contributed by atoms with Crippen molar-refractivity contribution >= 4 is 6.08 Å². The molecular formula is C13H14O. The van der Waals surface area contributed by atoms with Crippen molar-refractivity contribution in [3.63, 3.8) is 0 Å². The molecule has 0 aliphatic rings. The van der Waals surface area contributed by atoms with E-state index in [1.807, 2.05) is 37.3 Å². The average molecular weight is 186 g/mol. The van der Waals surface area contributed by atoms with Crippen LogP contribution in [0.5, 0.6) is 0 Å². The molecule has 1 rings (SSSR count). The Labute approximate surface area is 85.4 Å². The molecule has 0 saturated heterocycles. The largest absolute Gasteiger partial charge is 0.365 e. The second kappa shape index (κ2) is 6.94. The summed E-state index contributed by atoms with van der Waals surface area (Å²) < 4.78 is 5.24. The van der Waals surface area contributed by atoms with Gasteiger partial charge >= 0.3 is 0 Å². The molecule has 0 amide bonds. The Morgan fingerprint density at radius 2 is 2.07 bits per heavy atom. The first-order valence-electron chi connectivity index (χ1n) is 4.62. The molecule has 14 heavy (non-hydrogen) atoms. The zero-order valence-corrected chi connectivity index (χ0v) is 8.36. The average Bonchev–Trinajstić information content (AvgIpc) is 2.25. The lowest BCUT2D eigenvalue weighted by molar-refractivity contribution is 0.199. The van der Waals surface area contributed by atoms with Crippen LogP contribution in [0.3, 0.4) is 0 Å². The topological polar surface area (TPSA) is 9.23 Å². The first-order chi connectivity index (χ1) is 6.93. The van der Waals surface area contributed by atoms with Crippen LogP contribution in [0.4, 0.5) is 0 Å². The van der Waals surface area contributed by atoms with E-state index in [9.17, 15) is 0 Å². The summed E-state index contributed by atoms with van der Waals surface area (Å²) in [6, 6.07) is 10.2. The molecule has 0 heterocycles. The molecule has 0 spiro atoms. The number of rotatable bonds is 4. The maximum absolute atomic E-state index is 5.24. The van der Waals surface area contributed by atoms with Crippen molar-refractivity contribution in [2.45, 2.75) is 6.92 Å². The predicted octanol–water partition coefficient (Wildman–Crippen LogP) is 2.74. The van der Waals surface area contributed by atoms with E-state index in [1.54, 1.807) is 0 Å². The standard InChI is InChI=1S/C13H14O/c1-2-3-11-14-12-7-10-13-8-5-4-6-9-13/h4-10H,11-12H2,1H3/b10-7+. The van der Waals surface area contributed by atoms with Crippen molar-refractivity contribution in [1.29, 1.82) is 0 Å². The molecule has 0 unspecified atom stereocenters. The summed E-state index contributed by atoms with van der Waals surface area (Å²) >= 11 is 0. The van der Waals surface area contributed by atoms with Crippen molar-refractivity contribution in [2.75, 3.05) is 13.2 Å². The maximum atomic E-state index is 5.24. The van der Waals surface area contributed by atoms with Crippen LogP contribution in [0, 0.1) is 11.8 Å². The summed E-state index contributed by atoms with van der Waals surface area (Å²) in [6.07, 6.45) is 4.03.